The van der Waals surface area contributed by atoms with Crippen molar-refractivity contribution in [3.05, 3.63) is 115 Å². The van der Waals surface area contributed by atoms with Crippen LogP contribution in [0.3, 0.4) is 0 Å². The summed E-state index contributed by atoms with van der Waals surface area (Å²) in [7, 11) is 0. The van der Waals surface area contributed by atoms with E-state index in [2.05, 4.69) is 25.7 Å². The van der Waals surface area contributed by atoms with Crippen LogP contribution in [0.1, 0.15) is 28.9 Å². The van der Waals surface area contributed by atoms with Crippen LogP contribution in [-0.4, -0.2) is 34.7 Å². The molecule has 0 bridgehead atoms. The molecule has 1 aliphatic rings. The van der Waals surface area contributed by atoms with Crippen molar-refractivity contribution in [3.63, 3.8) is 0 Å². The van der Waals surface area contributed by atoms with Crippen molar-refractivity contribution >= 4 is 67.7 Å². The third-order valence-corrected chi connectivity index (χ3v) is 6.98. The van der Waals surface area contributed by atoms with Crippen LogP contribution < -0.4 is 0 Å². The lowest BCUT2D eigenvalue weighted by molar-refractivity contribution is 0.0179. The van der Waals surface area contributed by atoms with Gasteiger partial charge in [-0.2, -0.15) is 0 Å². The summed E-state index contributed by atoms with van der Waals surface area (Å²) in [5.41, 5.74) is 2.79. The van der Waals surface area contributed by atoms with Gasteiger partial charge in [-0.25, -0.2) is 0 Å². The molecule has 186 valence electrons. The van der Waals surface area contributed by atoms with Gasteiger partial charge < -0.3 is 19.6 Å². The lowest BCUT2D eigenvalue weighted by Crippen LogP contribution is -2.31. The fourth-order valence-electron chi connectivity index (χ4n) is 3.74. The van der Waals surface area contributed by atoms with Crippen LogP contribution in [0.25, 0.3) is 0 Å². The lowest BCUT2D eigenvalue weighted by atomic mass is 10.1. The predicted octanol–water partition coefficient (Wildman–Crippen LogP) is 8.03. The molecule has 0 fully saturated rings. The molecular formula is C26H25Br2Cl3N2O2. The molecule has 1 heterocycles. The summed E-state index contributed by atoms with van der Waals surface area (Å²) in [6, 6.07) is 20.8. The minimum Gasteiger partial charge on any atom is -0.387 e. The van der Waals surface area contributed by atoms with Gasteiger partial charge in [0.1, 0.15) is 6.10 Å². The highest BCUT2D eigenvalue weighted by molar-refractivity contribution is 9.10. The second kappa shape index (κ2) is 13.3. The van der Waals surface area contributed by atoms with E-state index in [0.717, 1.165) is 21.2 Å². The zero-order chi connectivity index (χ0) is 24.1. The van der Waals surface area contributed by atoms with E-state index in [4.69, 9.17) is 39.5 Å². The molecule has 35 heavy (non-hydrogen) atoms. The number of aliphatic hydroxyl groups is 1. The van der Waals surface area contributed by atoms with E-state index >= 15 is 0 Å². The average Bonchev–Trinajstić information content (AvgIpc) is 3.25. The standard InChI is InChI=1S/C26H24BrCl3N2O2.BrH/c27-21-6-1-18(2-7-21)25(33)14-31-11-12-32(17-31)15-26(19-3-8-22(28)9-4-19)34-16-20-5-10-23(29)13-24(20)30;/h1-13,25-26,33H,14-17H2;1H. The van der Waals surface area contributed by atoms with E-state index in [9.17, 15) is 5.11 Å². The zero-order valence-corrected chi connectivity index (χ0v) is 24.2. The summed E-state index contributed by atoms with van der Waals surface area (Å²) in [4.78, 5) is 4.25. The molecule has 0 radical (unpaired) electrons. The van der Waals surface area contributed by atoms with Crippen LogP contribution in [-0.2, 0) is 11.3 Å². The number of benzene rings is 3. The number of hydrogen-bond donors (Lipinski definition) is 1. The molecule has 0 saturated carbocycles. The Morgan fingerprint density at radius 2 is 1.43 bits per heavy atom. The Morgan fingerprint density at radius 3 is 2.09 bits per heavy atom. The number of halogens is 5. The molecule has 0 aromatic heterocycles. The van der Waals surface area contributed by atoms with Crippen molar-refractivity contribution in [3.8, 4) is 0 Å². The Labute approximate surface area is 239 Å². The lowest BCUT2D eigenvalue weighted by Gasteiger charge is -2.27. The van der Waals surface area contributed by atoms with E-state index in [0.29, 0.717) is 41.4 Å². The minimum absolute atomic E-state index is 0. The van der Waals surface area contributed by atoms with Gasteiger partial charge in [0.15, 0.2) is 0 Å². The van der Waals surface area contributed by atoms with E-state index in [1.54, 1.807) is 12.1 Å². The molecule has 0 amide bonds. The van der Waals surface area contributed by atoms with Gasteiger partial charge in [0, 0.05) is 45.0 Å². The van der Waals surface area contributed by atoms with Crippen LogP contribution in [0.5, 0.6) is 0 Å². The molecule has 2 unspecified atom stereocenters. The number of nitrogens with zero attached hydrogens (tertiary/aromatic N) is 2. The molecule has 3 aromatic carbocycles. The summed E-state index contributed by atoms with van der Waals surface area (Å²) in [5.74, 6) is 0. The minimum atomic E-state index is -0.576. The first-order chi connectivity index (χ1) is 16.4. The summed E-state index contributed by atoms with van der Waals surface area (Å²) in [6.45, 7) is 2.14. The van der Waals surface area contributed by atoms with Crippen LogP contribution in [0.15, 0.2) is 83.6 Å². The molecule has 0 spiro atoms. The smallest absolute Gasteiger partial charge is 0.100 e. The monoisotopic (exact) mass is 660 g/mol. The Kier molecular flexibility index (Phi) is 10.8. The fourth-order valence-corrected chi connectivity index (χ4v) is 4.59. The number of β-amino-alcohol motifs (C(OH)–C–C–N with tert-alkyl or cyclic N) is 1. The predicted molar refractivity (Wildman–Crippen MR) is 152 cm³/mol. The average molecular weight is 664 g/mol. The van der Waals surface area contributed by atoms with Crippen molar-refractivity contribution in [2.45, 2.75) is 18.8 Å². The Balaban J connectivity index is 0.00000342. The van der Waals surface area contributed by atoms with E-state index in [1.807, 2.05) is 67.0 Å². The van der Waals surface area contributed by atoms with Crippen molar-refractivity contribution in [2.24, 2.45) is 0 Å². The maximum atomic E-state index is 10.6. The molecule has 1 aliphatic heterocycles. The van der Waals surface area contributed by atoms with Gasteiger partial charge in [-0.05, 0) is 53.1 Å². The molecule has 2 atom stereocenters. The highest BCUT2D eigenvalue weighted by Gasteiger charge is 2.22. The Morgan fingerprint density at radius 1 is 0.829 bits per heavy atom. The quantitative estimate of drug-likeness (QED) is 0.252. The SMILES string of the molecule is Br.OC(CN1C=CN(CC(OCc2ccc(Cl)cc2Cl)c2ccc(Cl)cc2)C1)c1ccc(Br)cc1. The first-order valence-electron chi connectivity index (χ1n) is 10.8. The van der Waals surface area contributed by atoms with Crippen molar-refractivity contribution in [2.75, 3.05) is 19.8 Å². The molecule has 3 aromatic rings. The van der Waals surface area contributed by atoms with Gasteiger partial charge in [0.25, 0.3) is 0 Å². The second-order valence-electron chi connectivity index (χ2n) is 8.14. The number of aliphatic hydroxyl groups excluding tert-OH is 1. The fraction of sp³-hybridized carbons (Fsp3) is 0.231. The topological polar surface area (TPSA) is 35.9 Å². The molecular weight excluding hydrogens is 638 g/mol. The molecule has 0 saturated heterocycles. The Hall–Kier alpha value is -1.25. The van der Waals surface area contributed by atoms with Crippen molar-refractivity contribution in [1.82, 2.24) is 9.80 Å². The van der Waals surface area contributed by atoms with Crippen LogP contribution in [0.2, 0.25) is 15.1 Å². The van der Waals surface area contributed by atoms with Gasteiger partial charge in [-0.3, -0.25) is 0 Å². The third kappa shape index (κ3) is 8.12. The van der Waals surface area contributed by atoms with Crippen molar-refractivity contribution in [1.29, 1.82) is 0 Å². The molecule has 4 nitrogen and oxygen atoms in total. The normalized spacial score (nSPS) is 14.7. The summed E-state index contributed by atoms with van der Waals surface area (Å²) in [6.07, 6.45) is 3.24. The number of rotatable bonds is 9. The summed E-state index contributed by atoms with van der Waals surface area (Å²) in [5, 5.41) is 12.5. The van der Waals surface area contributed by atoms with Gasteiger partial charge in [-0.15, -0.1) is 17.0 Å². The molecule has 9 heteroatoms. The van der Waals surface area contributed by atoms with Crippen molar-refractivity contribution < 1.29 is 9.84 Å². The van der Waals surface area contributed by atoms with Crippen LogP contribution >= 0.6 is 67.7 Å². The van der Waals surface area contributed by atoms with Gasteiger partial charge in [0.2, 0.25) is 0 Å². The molecule has 0 aliphatic carbocycles. The van der Waals surface area contributed by atoms with E-state index in [-0.39, 0.29) is 23.1 Å². The summed E-state index contributed by atoms with van der Waals surface area (Å²) >= 11 is 21.9. The highest BCUT2D eigenvalue weighted by atomic mass is 79.9. The van der Waals surface area contributed by atoms with E-state index < -0.39 is 6.10 Å². The first-order valence-corrected chi connectivity index (χ1v) is 12.7. The maximum absolute atomic E-state index is 10.6. The first kappa shape index (κ1) is 28.3. The zero-order valence-electron chi connectivity index (χ0n) is 18.7. The van der Waals surface area contributed by atoms with Gasteiger partial charge >= 0.3 is 0 Å². The van der Waals surface area contributed by atoms with Crippen LogP contribution in [0, 0.1) is 0 Å². The van der Waals surface area contributed by atoms with Gasteiger partial charge in [-0.1, -0.05) is 81.1 Å². The van der Waals surface area contributed by atoms with E-state index in [1.165, 1.54) is 0 Å². The third-order valence-electron chi connectivity index (χ3n) is 5.61. The largest absolute Gasteiger partial charge is 0.387 e. The molecule has 4 rings (SSSR count). The number of ether oxygens (including phenoxy) is 1. The summed E-state index contributed by atoms with van der Waals surface area (Å²) < 4.78 is 7.30. The Bertz CT molecular complexity index is 1130. The maximum Gasteiger partial charge on any atom is 0.100 e. The second-order valence-corrected chi connectivity index (χ2v) is 10.3. The van der Waals surface area contributed by atoms with Gasteiger partial charge in [0.05, 0.1) is 19.4 Å². The van der Waals surface area contributed by atoms with Crippen LogP contribution in [0.4, 0.5) is 0 Å². The number of hydrogen-bond acceptors (Lipinski definition) is 4. The highest BCUT2D eigenvalue weighted by Crippen LogP contribution is 2.27. The molecule has 1 N–H and O–H groups in total.